The van der Waals surface area contributed by atoms with Gasteiger partial charge in [-0.2, -0.15) is 0 Å². The smallest absolute Gasteiger partial charge is 0.0389 e. The molecule has 0 atom stereocenters. The molecule has 0 aromatic heterocycles. The van der Waals surface area contributed by atoms with Crippen molar-refractivity contribution >= 4 is 66.2 Å². The second-order valence-corrected chi connectivity index (χ2v) is 6.54. The topological polar surface area (TPSA) is 0 Å². The second-order valence-electron chi connectivity index (χ2n) is 3.26. The number of halogens is 2. The minimum atomic E-state index is 1.19. The van der Waals surface area contributed by atoms with Crippen molar-refractivity contribution in [1.29, 1.82) is 0 Å². The van der Waals surface area contributed by atoms with Crippen LogP contribution in [0.25, 0.3) is 10.8 Å². The third-order valence-electron chi connectivity index (χ3n) is 2.44. The molecule has 0 saturated carbocycles. The van der Waals surface area contributed by atoms with Crippen molar-refractivity contribution in [3.8, 4) is 0 Å². The maximum atomic E-state index is 3.67. The van der Waals surface area contributed by atoms with Gasteiger partial charge in [-0.15, -0.1) is 23.5 Å². The summed E-state index contributed by atoms with van der Waals surface area (Å²) in [5, 5.41) is 2.52. The number of fused-ring (bicyclic) bond motifs is 1. The summed E-state index contributed by atoms with van der Waals surface area (Å²) in [5.41, 5.74) is 0. The zero-order valence-corrected chi connectivity index (χ0v) is 13.7. The van der Waals surface area contributed by atoms with E-state index >= 15 is 0 Å². The number of rotatable bonds is 2. The molecule has 0 aliphatic rings. The van der Waals surface area contributed by atoms with Crippen molar-refractivity contribution in [2.75, 3.05) is 12.5 Å². The van der Waals surface area contributed by atoms with Crippen LogP contribution in [0.4, 0.5) is 0 Å². The highest BCUT2D eigenvalue weighted by Gasteiger charge is 2.09. The Morgan fingerprint density at radius 2 is 1.12 bits per heavy atom. The van der Waals surface area contributed by atoms with Crippen LogP contribution in [0, 0.1) is 0 Å². The Balaban J connectivity index is 2.78. The normalized spacial score (nSPS) is 11.0. The fourth-order valence-electron chi connectivity index (χ4n) is 1.61. The molecule has 0 heterocycles. The molecule has 0 radical (unpaired) electrons. The van der Waals surface area contributed by atoms with Crippen molar-refractivity contribution in [2.45, 2.75) is 9.79 Å². The third-order valence-corrected chi connectivity index (χ3v) is 6.23. The average Bonchev–Trinajstić information content (AvgIpc) is 2.31. The Hall–Kier alpha value is 0.360. The Kier molecular flexibility index (Phi) is 4.27. The minimum absolute atomic E-state index is 1.19. The van der Waals surface area contributed by atoms with E-state index in [1.807, 2.05) is 0 Å². The van der Waals surface area contributed by atoms with Gasteiger partial charge in [-0.05, 0) is 67.3 Å². The van der Waals surface area contributed by atoms with Gasteiger partial charge in [0, 0.05) is 18.7 Å². The van der Waals surface area contributed by atoms with Crippen LogP contribution in [0.1, 0.15) is 0 Å². The molecule has 4 heteroatoms. The van der Waals surface area contributed by atoms with E-state index < -0.39 is 0 Å². The quantitative estimate of drug-likeness (QED) is 0.605. The largest absolute Gasteiger partial charge is 0.128 e. The van der Waals surface area contributed by atoms with Crippen molar-refractivity contribution < 1.29 is 0 Å². The lowest BCUT2D eigenvalue weighted by molar-refractivity contribution is 1.41. The van der Waals surface area contributed by atoms with Crippen LogP contribution < -0.4 is 0 Å². The van der Waals surface area contributed by atoms with Crippen LogP contribution in [0.5, 0.6) is 0 Å². The van der Waals surface area contributed by atoms with Gasteiger partial charge >= 0.3 is 0 Å². The molecule has 84 valence electrons. The molecule has 0 fully saturated rings. The van der Waals surface area contributed by atoms with Crippen molar-refractivity contribution in [1.82, 2.24) is 0 Å². The van der Waals surface area contributed by atoms with Crippen molar-refractivity contribution in [2.24, 2.45) is 0 Å². The Morgan fingerprint density at radius 1 is 0.750 bits per heavy atom. The Labute approximate surface area is 121 Å². The van der Waals surface area contributed by atoms with Gasteiger partial charge in [0.25, 0.3) is 0 Å². The van der Waals surface area contributed by atoms with Crippen molar-refractivity contribution in [3.63, 3.8) is 0 Å². The van der Waals surface area contributed by atoms with Gasteiger partial charge in [0.2, 0.25) is 0 Å². The van der Waals surface area contributed by atoms with Gasteiger partial charge < -0.3 is 0 Å². The molecule has 2 aromatic rings. The third kappa shape index (κ3) is 2.17. The van der Waals surface area contributed by atoms with E-state index in [-0.39, 0.29) is 0 Å². The first kappa shape index (κ1) is 12.8. The molecule has 0 aliphatic carbocycles. The lowest BCUT2D eigenvalue weighted by atomic mass is 10.1. The first-order chi connectivity index (χ1) is 7.69. The molecular weight excluding hydrogens is 368 g/mol. The second kappa shape index (κ2) is 5.34. The van der Waals surface area contributed by atoms with E-state index in [9.17, 15) is 0 Å². The highest BCUT2D eigenvalue weighted by atomic mass is 79.9. The zero-order chi connectivity index (χ0) is 11.7. The monoisotopic (exact) mass is 376 g/mol. The number of hydrogen-bond acceptors (Lipinski definition) is 2. The predicted octanol–water partition coefficient (Wildman–Crippen LogP) is 5.81. The molecule has 2 aromatic carbocycles. The molecule has 0 nitrogen and oxygen atoms in total. The van der Waals surface area contributed by atoms with Gasteiger partial charge in [-0.25, -0.2) is 0 Å². The maximum Gasteiger partial charge on any atom is 0.0389 e. The van der Waals surface area contributed by atoms with Crippen LogP contribution >= 0.6 is 55.4 Å². The molecule has 0 amide bonds. The summed E-state index contributed by atoms with van der Waals surface area (Å²) in [6.45, 7) is 0. The first-order valence-corrected chi connectivity index (χ1v) is 8.71. The SMILES string of the molecule is CSc1ccc2c(Br)c(SC)ccc2c1Br. The summed E-state index contributed by atoms with van der Waals surface area (Å²) < 4.78 is 2.37. The molecule has 2 rings (SSSR count). The highest BCUT2D eigenvalue weighted by Crippen LogP contribution is 2.39. The zero-order valence-electron chi connectivity index (χ0n) is 8.88. The Morgan fingerprint density at radius 3 is 1.44 bits per heavy atom. The van der Waals surface area contributed by atoms with Crippen LogP contribution in [0.2, 0.25) is 0 Å². The number of benzene rings is 2. The average molecular weight is 378 g/mol. The van der Waals surface area contributed by atoms with Crippen LogP contribution in [0.3, 0.4) is 0 Å². The summed E-state index contributed by atoms with van der Waals surface area (Å²) >= 11 is 10.9. The summed E-state index contributed by atoms with van der Waals surface area (Å²) in [6.07, 6.45) is 4.19. The lowest BCUT2D eigenvalue weighted by Gasteiger charge is -2.09. The highest BCUT2D eigenvalue weighted by molar-refractivity contribution is 9.11. The summed E-state index contributed by atoms with van der Waals surface area (Å²) in [7, 11) is 0. The molecule has 0 saturated heterocycles. The lowest BCUT2D eigenvalue weighted by Crippen LogP contribution is -1.82. The predicted molar refractivity (Wildman–Crippen MR) is 82.9 cm³/mol. The molecule has 0 spiro atoms. The fraction of sp³-hybridized carbons (Fsp3) is 0.167. The van der Waals surface area contributed by atoms with Gasteiger partial charge in [0.1, 0.15) is 0 Å². The minimum Gasteiger partial charge on any atom is -0.128 e. The number of hydrogen-bond donors (Lipinski definition) is 0. The van der Waals surface area contributed by atoms with E-state index in [0.29, 0.717) is 0 Å². The van der Waals surface area contributed by atoms with Crippen LogP contribution in [-0.4, -0.2) is 12.5 Å². The maximum absolute atomic E-state index is 3.67. The molecule has 0 N–H and O–H groups in total. The summed E-state index contributed by atoms with van der Waals surface area (Å²) in [6, 6.07) is 8.67. The summed E-state index contributed by atoms with van der Waals surface area (Å²) in [5.74, 6) is 0. The van der Waals surface area contributed by atoms with Crippen LogP contribution in [0.15, 0.2) is 43.0 Å². The molecule has 0 unspecified atom stereocenters. The van der Waals surface area contributed by atoms with Gasteiger partial charge in [0.05, 0.1) is 0 Å². The molecule has 0 bridgehead atoms. The molecule has 16 heavy (non-hydrogen) atoms. The van der Waals surface area contributed by atoms with E-state index in [1.165, 1.54) is 29.5 Å². The molecule has 0 aliphatic heterocycles. The van der Waals surface area contributed by atoms with E-state index in [4.69, 9.17) is 0 Å². The summed E-state index contributed by atoms with van der Waals surface area (Å²) in [4.78, 5) is 2.55. The van der Waals surface area contributed by atoms with Crippen molar-refractivity contribution in [3.05, 3.63) is 33.2 Å². The van der Waals surface area contributed by atoms with Gasteiger partial charge in [-0.1, -0.05) is 12.1 Å². The van der Waals surface area contributed by atoms with Crippen LogP contribution in [-0.2, 0) is 0 Å². The number of thioether (sulfide) groups is 2. The first-order valence-electron chi connectivity index (χ1n) is 4.67. The fourth-order valence-corrected chi connectivity index (χ4v) is 4.52. The molecular formula is C12H10Br2S2. The Bertz CT molecular complexity index is 489. The standard InChI is InChI=1S/C12H10Br2S2/c1-15-9-5-3-8-7(11(9)13)4-6-10(16-2)12(8)14/h3-6H,1-2H3. The van der Waals surface area contributed by atoms with Gasteiger partial charge in [0.15, 0.2) is 0 Å². The van der Waals surface area contributed by atoms with E-state index in [2.05, 4.69) is 68.6 Å². The van der Waals surface area contributed by atoms with E-state index in [0.717, 1.165) is 0 Å². The van der Waals surface area contributed by atoms with E-state index in [1.54, 1.807) is 23.5 Å². The van der Waals surface area contributed by atoms with Gasteiger partial charge in [-0.3, -0.25) is 0 Å².